The van der Waals surface area contributed by atoms with Gasteiger partial charge in [-0.15, -0.1) is 0 Å². The molecule has 1 atom stereocenters. The third-order valence-electron chi connectivity index (χ3n) is 2.55. The van der Waals surface area contributed by atoms with Gasteiger partial charge in [-0.25, -0.2) is 4.39 Å². The third-order valence-corrected chi connectivity index (χ3v) is 2.55. The monoisotopic (exact) mass is 239 g/mol. The van der Waals surface area contributed by atoms with Crippen LogP contribution in [0.2, 0.25) is 0 Å². The van der Waals surface area contributed by atoms with Gasteiger partial charge in [-0.05, 0) is 45.0 Å². The zero-order valence-corrected chi connectivity index (χ0v) is 10.4. The highest BCUT2D eigenvalue weighted by Crippen LogP contribution is 2.13. The first-order chi connectivity index (χ1) is 8.08. The first kappa shape index (κ1) is 13.5. The Morgan fingerprint density at radius 1 is 1.29 bits per heavy atom. The molecule has 0 fully saturated rings. The van der Waals surface area contributed by atoms with Crippen LogP contribution in [0.3, 0.4) is 0 Å². The smallest absolute Gasteiger partial charge is 0.263 e. The summed E-state index contributed by atoms with van der Waals surface area (Å²) in [6.45, 7) is 6.86. The van der Waals surface area contributed by atoms with Gasteiger partial charge in [0.15, 0.2) is 6.10 Å². The van der Waals surface area contributed by atoms with Crippen LogP contribution in [0.25, 0.3) is 0 Å². The lowest BCUT2D eigenvalue weighted by molar-refractivity contribution is -0.137. The third kappa shape index (κ3) is 3.73. The van der Waals surface area contributed by atoms with E-state index in [9.17, 15) is 9.18 Å². The number of carbonyl (C=O) groups is 1. The summed E-state index contributed by atoms with van der Waals surface area (Å²) in [4.78, 5) is 13.6. The number of amides is 1. The molecule has 0 radical (unpaired) electrons. The first-order valence-electron chi connectivity index (χ1n) is 5.79. The largest absolute Gasteiger partial charge is 0.481 e. The fraction of sp³-hybridized carbons (Fsp3) is 0.462. The zero-order valence-electron chi connectivity index (χ0n) is 10.4. The van der Waals surface area contributed by atoms with Gasteiger partial charge in [0.1, 0.15) is 11.6 Å². The summed E-state index contributed by atoms with van der Waals surface area (Å²) in [5.74, 6) is 0.124. The normalized spacial score (nSPS) is 12.0. The predicted molar refractivity (Wildman–Crippen MR) is 64.4 cm³/mol. The van der Waals surface area contributed by atoms with Crippen LogP contribution in [-0.2, 0) is 4.79 Å². The van der Waals surface area contributed by atoms with E-state index in [2.05, 4.69) is 0 Å². The summed E-state index contributed by atoms with van der Waals surface area (Å²) < 4.78 is 18.1. The van der Waals surface area contributed by atoms with Gasteiger partial charge in [0.25, 0.3) is 5.91 Å². The lowest BCUT2D eigenvalue weighted by atomic mass is 10.3. The van der Waals surface area contributed by atoms with Crippen LogP contribution in [0.5, 0.6) is 5.75 Å². The predicted octanol–water partition coefficient (Wildman–Crippen LogP) is 2.46. The summed E-state index contributed by atoms with van der Waals surface area (Å²) in [7, 11) is 0. The Morgan fingerprint density at radius 3 is 2.29 bits per heavy atom. The molecule has 0 aliphatic carbocycles. The highest BCUT2D eigenvalue weighted by atomic mass is 19.1. The second kappa shape index (κ2) is 6.23. The quantitative estimate of drug-likeness (QED) is 0.790. The number of ether oxygens (including phenoxy) is 1. The molecule has 4 heteroatoms. The Kier molecular flexibility index (Phi) is 4.94. The second-order valence-corrected chi connectivity index (χ2v) is 3.72. The molecule has 1 aromatic rings. The second-order valence-electron chi connectivity index (χ2n) is 3.72. The molecule has 1 aromatic carbocycles. The molecule has 0 heterocycles. The zero-order chi connectivity index (χ0) is 12.8. The van der Waals surface area contributed by atoms with Crippen LogP contribution >= 0.6 is 0 Å². The van der Waals surface area contributed by atoms with E-state index in [1.165, 1.54) is 24.3 Å². The van der Waals surface area contributed by atoms with Gasteiger partial charge in [0.05, 0.1) is 0 Å². The molecule has 1 rings (SSSR count). The van der Waals surface area contributed by atoms with Crippen LogP contribution in [-0.4, -0.2) is 30.0 Å². The minimum Gasteiger partial charge on any atom is -0.481 e. The highest BCUT2D eigenvalue weighted by Gasteiger charge is 2.19. The van der Waals surface area contributed by atoms with Crippen molar-refractivity contribution in [3.63, 3.8) is 0 Å². The van der Waals surface area contributed by atoms with Crippen molar-refractivity contribution < 1.29 is 13.9 Å². The number of halogens is 1. The van der Waals surface area contributed by atoms with E-state index in [0.29, 0.717) is 18.8 Å². The molecule has 0 bridgehead atoms. The van der Waals surface area contributed by atoms with Crippen molar-refractivity contribution in [2.24, 2.45) is 0 Å². The number of benzene rings is 1. The minimum atomic E-state index is -0.555. The van der Waals surface area contributed by atoms with Crippen molar-refractivity contribution in [2.75, 3.05) is 13.1 Å². The van der Waals surface area contributed by atoms with Gasteiger partial charge >= 0.3 is 0 Å². The summed E-state index contributed by atoms with van der Waals surface area (Å²) >= 11 is 0. The van der Waals surface area contributed by atoms with Crippen molar-refractivity contribution in [3.05, 3.63) is 30.1 Å². The van der Waals surface area contributed by atoms with Crippen LogP contribution in [0, 0.1) is 5.82 Å². The maximum absolute atomic E-state index is 12.7. The molecule has 0 spiro atoms. The number of nitrogens with zero attached hydrogens (tertiary/aromatic N) is 1. The number of likely N-dealkylation sites (N-methyl/N-ethyl adjacent to an activating group) is 1. The van der Waals surface area contributed by atoms with Crippen molar-refractivity contribution in [1.29, 1.82) is 0 Å². The average molecular weight is 239 g/mol. The van der Waals surface area contributed by atoms with Crippen molar-refractivity contribution in [1.82, 2.24) is 4.90 Å². The lowest BCUT2D eigenvalue weighted by Gasteiger charge is -2.23. The Bertz CT molecular complexity index is 360. The Hall–Kier alpha value is -1.58. The molecular weight excluding hydrogens is 221 g/mol. The molecular formula is C13H18FNO2. The van der Waals surface area contributed by atoms with E-state index in [1.54, 1.807) is 11.8 Å². The standard InChI is InChI=1S/C13H18FNO2/c1-4-15(5-2)13(16)10(3)17-12-8-6-11(14)7-9-12/h6-10H,4-5H2,1-3H3/t10-/m1/s1. The van der Waals surface area contributed by atoms with Crippen molar-refractivity contribution >= 4 is 5.91 Å². The molecule has 0 aliphatic rings. The first-order valence-corrected chi connectivity index (χ1v) is 5.79. The Labute approximate surface area is 101 Å². The topological polar surface area (TPSA) is 29.5 Å². The van der Waals surface area contributed by atoms with E-state index >= 15 is 0 Å². The van der Waals surface area contributed by atoms with Crippen molar-refractivity contribution in [3.8, 4) is 5.75 Å². The fourth-order valence-corrected chi connectivity index (χ4v) is 1.56. The van der Waals surface area contributed by atoms with Crippen LogP contribution in [0.4, 0.5) is 4.39 Å². The molecule has 17 heavy (non-hydrogen) atoms. The summed E-state index contributed by atoms with van der Waals surface area (Å²) in [6.07, 6.45) is -0.555. The number of rotatable bonds is 5. The van der Waals surface area contributed by atoms with Gasteiger partial charge in [-0.1, -0.05) is 0 Å². The van der Waals surface area contributed by atoms with Crippen LogP contribution in [0.15, 0.2) is 24.3 Å². The highest BCUT2D eigenvalue weighted by molar-refractivity contribution is 5.80. The molecule has 0 saturated heterocycles. The molecule has 0 aromatic heterocycles. The van der Waals surface area contributed by atoms with Gasteiger partial charge in [-0.2, -0.15) is 0 Å². The summed E-state index contributed by atoms with van der Waals surface area (Å²) in [5.41, 5.74) is 0. The molecule has 3 nitrogen and oxygen atoms in total. The van der Waals surface area contributed by atoms with Gasteiger partial charge in [0.2, 0.25) is 0 Å². The van der Waals surface area contributed by atoms with Gasteiger partial charge in [0, 0.05) is 13.1 Å². The number of hydrogen-bond donors (Lipinski definition) is 0. The molecule has 0 saturated carbocycles. The fourth-order valence-electron chi connectivity index (χ4n) is 1.56. The molecule has 1 amide bonds. The average Bonchev–Trinajstić information content (AvgIpc) is 2.33. The minimum absolute atomic E-state index is 0.0562. The van der Waals surface area contributed by atoms with Crippen LogP contribution < -0.4 is 4.74 Å². The Morgan fingerprint density at radius 2 is 1.82 bits per heavy atom. The van der Waals surface area contributed by atoms with Gasteiger partial charge in [-0.3, -0.25) is 4.79 Å². The number of carbonyl (C=O) groups excluding carboxylic acids is 1. The molecule has 0 aliphatic heterocycles. The lowest BCUT2D eigenvalue weighted by Crippen LogP contribution is -2.40. The summed E-state index contributed by atoms with van der Waals surface area (Å²) in [5, 5.41) is 0. The SMILES string of the molecule is CCN(CC)C(=O)[C@@H](C)Oc1ccc(F)cc1. The van der Waals surface area contributed by atoms with Gasteiger partial charge < -0.3 is 9.64 Å². The van der Waals surface area contributed by atoms with Crippen molar-refractivity contribution in [2.45, 2.75) is 26.9 Å². The molecule has 0 N–H and O–H groups in total. The molecule has 0 unspecified atom stereocenters. The van der Waals surface area contributed by atoms with E-state index < -0.39 is 6.10 Å². The van der Waals surface area contributed by atoms with Crippen LogP contribution in [0.1, 0.15) is 20.8 Å². The Balaban J connectivity index is 2.62. The van der Waals surface area contributed by atoms with E-state index in [-0.39, 0.29) is 11.7 Å². The van der Waals surface area contributed by atoms with E-state index in [4.69, 9.17) is 4.74 Å². The van der Waals surface area contributed by atoms with E-state index in [0.717, 1.165) is 0 Å². The maximum atomic E-state index is 12.7. The summed E-state index contributed by atoms with van der Waals surface area (Å²) in [6, 6.07) is 5.65. The van der Waals surface area contributed by atoms with E-state index in [1.807, 2.05) is 13.8 Å². The molecule has 94 valence electrons. The maximum Gasteiger partial charge on any atom is 0.263 e. The number of hydrogen-bond acceptors (Lipinski definition) is 2.